The summed E-state index contributed by atoms with van der Waals surface area (Å²) >= 11 is 0. The molecule has 19 heavy (non-hydrogen) atoms. The Hall–Kier alpha value is -1.06. The number of hydrogen-bond donors (Lipinski definition) is 1. The van der Waals surface area contributed by atoms with Crippen molar-refractivity contribution in [2.45, 2.75) is 25.9 Å². The molecular formula is C16H26N2O. The summed E-state index contributed by atoms with van der Waals surface area (Å²) in [4.78, 5) is 4.71. The van der Waals surface area contributed by atoms with Crippen LogP contribution >= 0.6 is 0 Å². The summed E-state index contributed by atoms with van der Waals surface area (Å²) in [6.07, 6.45) is 2.09. The number of rotatable bonds is 4. The summed E-state index contributed by atoms with van der Waals surface area (Å²) in [5.74, 6) is 0.810. The van der Waals surface area contributed by atoms with E-state index >= 15 is 0 Å². The molecule has 0 radical (unpaired) electrons. The lowest BCUT2D eigenvalue weighted by atomic mass is 9.95. The van der Waals surface area contributed by atoms with Gasteiger partial charge in [0.25, 0.3) is 0 Å². The second-order valence-corrected chi connectivity index (χ2v) is 5.93. The third-order valence-electron chi connectivity index (χ3n) is 3.97. The van der Waals surface area contributed by atoms with E-state index in [1.807, 2.05) is 19.1 Å². The van der Waals surface area contributed by atoms with Gasteiger partial charge in [-0.3, -0.25) is 0 Å². The van der Waals surface area contributed by atoms with Gasteiger partial charge in [0.2, 0.25) is 0 Å². The van der Waals surface area contributed by atoms with E-state index in [-0.39, 0.29) is 0 Å². The molecule has 0 saturated carbocycles. The van der Waals surface area contributed by atoms with Gasteiger partial charge in [0.05, 0.1) is 6.10 Å². The molecule has 1 saturated heterocycles. The van der Waals surface area contributed by atoms with Crippen molar-refractivity contribution in [2.75, 3.05) is 38.6 Å². The highest BCUT2D eigenvalue weighted by molar-refractivity contribution is 5.54. The fourth-order valence-electron chi connectivity index (χ4n) is 3.00. The topological polar surface area (TPSA) is 26.7 Å². The van der Waals surface area contributed by atoms with E-state index < -0.39 is 6.10 Å². The Bertz CT molecular complexity index is 395. The van der Waals surface area contributed by atoms with Crippen molar-refractivity contribution < 1.29 is 5.11 Å². The molecule has 1 fully saturated rings. The quantitative estimate of drug-likeness (QED) is 0.903. The Balaban J connectivity index is 2.02. The summed E-state index contributed by atoms with van der Waals surface area (Å²) in [5, 5.41) is 9.87. The zero-order valence-electron chi connectivity index (χ0n) is 12.3. The van der Waals surface area contributed by atoms with Crippen LogP contribution in [-0.2, 0) is 0 Å². The van der Waals surface area contributed by atoms with Crippen LogP contribution in [0.4, 0.5) is 5.69 Å². The molecule has 1 aromatic carbocycles. The van der Waals surface area contributed by atoms with Crippen LogP contribution in [0.5, 0.6) is 0 Å². The summed E-state index contributed by atoms with van der Waals surface area (Å²) in [5.41, 5.74) is 2.26. The number of piperidine rings is 1. The van der Waals surface area contributed by atoms with Crippen LogP contribution in [0.15, 0.2) is 24.3 Å². The fraction of sp³-hybridized carbons (Fsp3) is 0.625. The SMILES string of the molecule is C[C@H](O)c1ccccc1N1CCC(CN(C)C)CC1. The Labute approximate surface area is 116 Å². The van der Waals surface area contributed by atoms with E-state index in [4.69, 9.17) is 0 Å². The predicted molar refractivity (Wildman–Crippen MR) is 80.6 cm³/mol. The standard InChI is InChI=1S/C16H26N2O/c1-13(19)15-6-4-5-7-16(15)18-10-8-14(9-11-18)12-17(2)3/h4-7,13-14,19H,8-12H2,1-3H3/t13-/m0/s1. The first-order valence-electron chi connectivity index (χ1n) is 7.24. The van der Waals surface area contributed by atoms with Crippen molar-refractivity contribution in [3.05, 3.63) is 29.8 Å². The van der Waals surface area contributed by atoms with Gasteiger partial charge in [-0.05, 0) is 45.8 Å². The maximum Gasteiger partial charge on any atom is 0.0781 e. The van der Waals surface area contributed by atoms with E-state index in [9.17, 15) is 5.11 Å². The molecule has 0 spiro atoms. The predicted octanol–water partition coefficient (Wildman–Crippen LogP) is 2.52. The van der Waals surface area contributed by atoms with Gasteiger partial charge in [0.15, 0.2) is 0 Å². The minimum absolute atomic E-state index is 0.393. The molecule has 3 nitrogen and oxygen atoms in total. The third kappa shape index (κ3) is 3.71. The van der Waals surface area contributed by atoms with Crippen LogP contribution in [0.1, 0.15) is 31.4 Å². The monoisotopic (exact) mass is 262 g/mol. The van der Waals surface area contributed by atoms with Crippen molar-refractivity contribution in [2.24, 2.45) is 5.92 Å². The van der Waals surface area contributed by atoms with Crippen LogP contribution in [0.25, 0.3) is 0 Å². The smallest absolute Gasteiger partial charge is 0.0781 e. The Morgan fingerprint density at radius 2 is 1.89 bits per heavy atom. The van der Waals surface area contributed by atoms with Crippen molar-refractivity contribution >= 4 is 5.69 Å². The van der Waals surface area contributed by atoms with E-state index in [0.29, 0.717) is 0 Å². The highest BCUT2D eigenvalue weighted by atomic mass is 16.3. The first-order valence-corrected chi connectivity index (χ1v) is 7.24. The Morgan fingerprint density at radius 1 is 1.26 bits per heavy atom. The van der Waals surface area contributed by atoms with Crippen molar-refractivity contribution in [1.82, 2.24) is 4.90 Å². The number of hydrogen-bond acceptors (Lipinski definition) is 3. The largest absolute Gasteiger partial charge is 0.389 e. The number of benzene rings is 1. The molecule has 2 rings (SSSR count). The lowest BCUT2D eigenvalue weighted by Crippen LogP contribution is -2.37. The van der Waals surface area contributed by atoms with Gasteiger partial charge in [0.1, 0.15) is 0 Å². The van der Waals surface area contributed by atoms with E-state index in [1.54, 1.807) is 0 Å². The zero-order chi connectivity index (χ0) is 13.8. The number of anilines is 1. The molecule has 0 unspecified atom stereocenters. The number of aliphatic hydroxyl groups excluding tert-OH is 1. The van der Waals surface area contributed by atoms with Gasteiger partial charge in [-0.2, -0.15) is 0 Å². The number of para-hydroxylation sites is 1. The molecule has 0 aromatic heterocycles. The molecule has 0 aliphatic carbocycles. The van der Waals surface area contributed by atoms with E-state index in [0.717, 1.165) is 24.6 Å². The molecule has 0 bridgehead atoms. The highest BCUT2D eigenvalue weighted by Gasteiger charge is 2.22. The van der Waals surface area contributed by atoms with Crippen LogP contribution < -0.4 is 4.90 Å². The Morgan fingerprint density at radius 3 is 2.47 bits per heavy atom. The molecule has 106 valence electrons. The van der Waals surface area contributed by atoms with Crippen LogP contribution in [-0.4, -0.2) is 43.7 Å². The van der Waals surface area contributed by atoms with Gasteiger partial charge in [0, 0.05) is 30.9 Å². The molecule has 1 aliphatic heterocycles. The highest BCUT2D eigenvalue weighted by Crippen LogP contribution is 2.29. The number of aliphatic hydroxyl groups is 1. The summed E-state index contributed by atoms with van der Waals surface area (Å²) in [6, 6.07) is 8.23. The zero-order valence-corrected chi connectivity index (χ0v) is 12.3. The summed E-state index contributed by atoms with van der Waals surface area (Å²) < 4.78 is 0. The Kier molecular flexibility index (Phi) is 4.83. The van der Waals surface area contributed by atoms with E-state index in [2.05, 4.69) is 36.0 Å². The second-order valence-electron chi connectivity index (χ2n) is 5.93. The molecule has 1 N–H and O–H groups in total. The molecule has 3 heteroatoms. The summed E-state index contributed by atoms with van der Waals surface area (Å²) in [6.45, 7) is 5.23. The summed E-state index contributed by atoms with van der Waals surface area (Å²) in [7, 11) is 4.30. The average molecular weight is 262 g/mol. The van der Waals surface area contributed by atoms with Crippen LogP contribution in [0, 0.1) is 5.92 Å². The van der Waals surface area contributed by atoms with E-state index in [1.165, 1.54) is 25.1 Å². The van der Waals surface area contributed by atoms with Crippen molar-refractivity contribution in [1.29, 1.82) is 0 Å². The minimum atomic E-state index is -0.393. The maximum absolute atomic E-state index is 9.87. The van der Waals surface area contributed by atoms with Gasteiger partial charge in [-0.1, -0.05) is 18.2 Å². The van der Waals surface area contributed by atoms with Gasteiger partial charge >= 0.3 is 0 Å². The van der Waals surface area contributed by atoms with Gasteiger partial charge in [-0.25, -0.2) is 0 Å². The van der Waals surface area contributed by atoms with Gasteiger partial charge < -0.3 is 14.9 Å². The average Bonchev–Trinajstić information content (AvgIpc) is 2.39. The van der Waals surface area contributed by atoms with Gasteiger partial charge in [-0.15, -0.1) is 0 Å². The molecule has 1 heterocycles. The first kappa shape index (κ1) is 14.4. The van der Waals surface area contributed by atoms with Crippen LogP contribution in [0.2, 0.25) is 0 Å². The lowest BCUT2D eigenvalue weighted by Gasteiger charge is -2.36. The lowest BCUT2D eigenvalue weighted by molar-refractivity contribution is 0.199. The molecular weight excluding hydrogens is 236 g/mol. The maximum atomic E-state index is 9.87. The minimum Gasteiger partial charge on any atom is -0.389 e. The fourth-order valence-corrected chi connectivity index (χ4v) is 3.00. The van der Waals surface area contributed by atoms with Crippen molar-refractivity contribution in [3.8, 4) is 0 Å². The molecule has 0 amide bonds. The first-order chi connectivity index (χ1) is 9.08. The third-order valence-corrected chi connectivity index (χ3v) is 3.97. The van der Waals surface area contributed by atoms with Crippen molar-refractivity contribution in [3.63, 3.8) is 0 Å². The molecule has 1 aliphatic rings. The second kappa shape index (κ2) is 6.40. The molecule has 1 atom stereocenters. The normalized spacial score (nSPS) is 18.9. The molecule has 1 aromatic rings. The number of nitrogens with zero attached hydrogens (tertiary/aromatic N) is 2. The van der Waals surface area contributed by atoms with Crippen LogP contribution in [0.3, 0.4) is 0 Å².